The van der Waals surface area contributed by atoms with Crippen LogP contribution < -0.4 is 76.3 Å². The van der Waals surface area contributed by atoms with E-state index in [1.807, 2.05) is 59.2 Å². The lowest BCUT2D eigenvalue weighted by Crippen LogP contribution is -2.47. The van der Waals surface area contributed by atoms with E-state index in [-0.39, 0.29) is 148 Å². The Morgan fingerprint density at radius 1 is 0.602 bits per heavy atom. The predicted octanol–water partition coefficient (Wildman–Crippen LogP) is 5.17. The number of aromatic nitrogens is 4. The van der Waals surface area contributed by atoms with Crippen LogP contribution in [0.4, 0.5) is 5.69 Å². The topological polar surface area (TPSA) is 577 Å². The Balaban J connectivity index is -0.000000122. The minimum Gasteiger partial charge on any atom is -0.480 e. The predicted molar refractivity (Wildman–Crippen MR) is 496 cm³/mol. The molecule has 43 heteroatoms. The monoisotopic (exact) mass is 1960 g/mol. The Bertz CT molecular complexity index is 3830. The van der Waals surface area contributed by atoms with E-state index < -0.39 is 87.0 Å². The number of fused-ring (bicyclic) bond motifs is 2. The Kier molecular flexibility index (Phi) is 80.3. The maximum absolute atomic E-state index is 12.4. The number of benzene rings is 3. The van der Waals surface area contributed by atoms with Crippen LogP contribution in [0.25, 0.3) is 27.9 Å². The van der Waals surface area contributed by atoms with Gasteiger partial charge >= 0.3 is 51.0 Å². The molecular formula is C70H131B3I3N19O17S. The number of thioether (sulfide) groups is 1. The van der Waals surface area contributed by atoms with Gasteiger partial charge in [-0.05, 0) is 126 Å². The van der Waals surface area contributed by atoms with Crippen LogP contribution in [0, 0.1) is 7.14 Å². The molecule has 0 spiro atoms. The summed E-state index contributed by atoms with van der Waals surface area (Å²) in [4.78, 5) is 127. The number of aliphatic imine (C=N–C) groups is 3. The number of amides is 2. The molecule has 23 N–H and O–H groups in total. The molecule has 3 aliphatic rings. The summed E-state index contributed by atoms with van der Waals surface area (Å²) in [6.07, 6.45) is 7.38. The number of carboxylic acids is 2. The Morgan fingerprint density at radius 2 is 1.02 bits per heavy atom. The van der Waals surface area contributed by atoms with Crippen molar-refractivity contribution < 1.29 is 73.1 Å². The fourth-order valence-electron chi connectivity index (χ4n) is 8.27. The van der Waals surface area contributed by atoms with Crippen LogP contribution in [-0.4, -0.2) is 229 Å². The molecule has 3 aromatic carbocycles. The lowest BCUT2D eigenvalue weighted by molar-refractivity contribution is -0.144. The molecule has 8 rings (SSSR count). The zero-order chi connectivity index (χ0) is 75.7. The highest BCUT2D eigenvalue weighted by atomic mass is 127. The maximum atomic E-state index is 12.4. The zero-order valence-corrected chi connectivity index (χ0v) is 64.4. The van der Waals surface area contributed by atoms with Gasteiger partial charge in [0.2, 0.25) is 11.8 Å². The lowest BCUT2D eigenvalue weighted by atomic mass is 9.86. The van der Waals surface area contributed by atoms with E-state index in [1.165, 1.54) is 47.9 Å². The molecule has 4 atom stereocenters. The van der Waals surface area contributed by atoms with E-state index in [2.05, 4.69) is 121 Å². The normalized spacial score (nSPS) is 12.0. The summed E-state index contributed by atoms with van der Waals surface area (Å²) >= 11 is 5.83. The van der Waals surface area contributed by atoms with Gasteiger partial charge in [-0.25, -0.2) is 14.8 Å². The number of primary amides is 2. The number of hydrogen-bond acceptors (Lipinski definition) is 31. The van der Waals surface area contributed by atoms with Crippen molar-refractivity contribution in [3.8, 4) is 0 Å². The molecule has 5 heterocycles. The van der Waals surface area contributed by atoms with E-state index in [4.69, 9.17) is 43.2 Å². The number of aromatic carboxylic acids is 1. The van der Waals surface area contributed by atoms with E-state index in [1.54, 1.807) is 48.2 Å². The molecule has 0 radical (unpaired) electrons. The highest BCUT2D eigenvalue weighted by molar-refractivity contribution is 14.1. The molecule has 36 nitrogen and oxygen atoms in total. The van der Waals surface area contributed by atoms with Gasteiger partial charge in [-0.2, -0.15) is 0 Å². The highest BCUT2D eigenvalue weighted by Crippen LogP contribution is 2.17. The number of nitrogen functional groups attached to an aromatic ring is 1. The van der Waals surface area contributed by atoms with Crippen molar-refractivity contribution in [2.45, 2.75) is 152 Å². The van der Waals surface area contributed by atoms with Crippen LogP contribution in [0.15, 0.2) is 97.9 Å². The van der Waals surface area contributed by atoms with Crippen LogP contribution in [0.2, 0.25) is 20.5 Å². The molecule has 0 aliphatic carbocycles. The van der Waals surface area contributed by atoms with Gasteiger partial charge in [0.25, 0.3) is 11.1 Å². The number of nitrogens with zero attached hydrogens (tertiary/aromatic N) is 5. The van der Waals surface area contributed by atoms with Crippen molar-refractivity contribution in [2.24, 2.45) is 32.2 Å². The first-order chi connectivity index (χ1) is 47.8. The second kappa shape index (κ2) is 70.6. The van der Waals surface area contributed by atoms with Gasteiger partial charge in [0.15, 0.2) is 17.1 Å². The van der Waals surface area contributed by atoms with Crippen LogP contribution >= 0.6 is 80.9 Å². The number of ether oxygens (including phenoxy) is 3. The molecule has 3 aliphatic heterocycles. The molecule has 0 bridgehead atoms. The van der Waals surface area contributed by atoms with Gasteiger partial charge in [-0.3, -0.25) is 53.3 Å². The van der Waals surface area contributed by atoms with Gasteiger partial charge in [0, 0.05) is 58.4 Å². The molecule has 0 fully saturated rings. The van der Waals surface area contributed by atoms with E-state index in [0.29, 0.717) is 45.7 Å². The van der Waals surface area contributed by atoms with Crippen molar-refractivity contribution in [3.63, 3.8) is 0 Å². The van der Waals surface area contributed by atoms with E-state index in [0.717, 1.165) is 75.6 Å². The van der Waals surface area contributed by atoms with Crippen molar-refractivity contribution in [1.29, 1.82) is 0 Å². The van der Waals surface area contributed by atoms with Gasteiger partial charge in [0.05, 0.1) is 81.2 Å². The Hall–Kier alpha value is -8.03. The number of H-pyrrole nitrogens is 2. The summed E-state index contributed by atoms with van der Waals surface area (Å²) in [6, 6.07) is 12.0. The van der Waals surface area contributed by atoms with Crippen molar-refractivity contribution in [1.82, 2.24) is 62.2 Å². The first kappa shape index (κ1) is 129. The molecule has 0 saturated heterocycles. The van der Waals surface area contributed by atoms with Gasteiger partial charge in [0.1, 0.15) is 35.8 Å². The fourth-order valence-corrected chi connectivity index (χ4v) is 9.72. The number of guanidine groups is 2. The summed E-state index contributed by atoms with van der Waals surface area (Å²) in [5.74, 6) is -2.87. The number of hydrogen-bond donors (Lipinski definition) is 19. The van der Waals surface area contributed by atoms with Gasteiger partial charge in [-0.1, -0.05) is 118 Å². The molecule has 0 unspecified atom stereocenters. The molecule has 0 saturated carbocycles. The summed E-state index contributed by atoms with van der Waals surface area (Å²) in [6.45, 7) is 14.7. The molecule has 113 heavy (non-hydrogen) atoms. The first-order valence-corrected chi connectivity index (χ1v) is 34.0. The molecule has 5 aromatic rings. The molecule has 644 valence electrons. The smallest absolute Gasteiger partial charge is 0.374 e. The average molecular weight is 1960 g/mol. The number of carbonyl (C=O) groups is 7. The highest BCUT2D eigenvalue weighted by Gasteiger charge is 2.26. The number of nitrogens with two attached hydrogens (primary N) is 4. The largest absolute Gasteiger partial charge is 0.480 e. The first-order valence-electron chi connectivity index (χ1n) is 30.6. The molecule has 2 amide bonds. The number of nitrogens with one attached hydrogen (secondary N) is 10. The van der Waals surface area contributed by atoms with E-state index in [9.17, 15) is 48.2 Å². The van der Waals surface area contributed by atoms with Gasteiger partial charge in [-0.15, -0.1) is 30.6 Å². The van der Waals surface area contributed by atoms with Crippen molar-refractivity contribution >= 4 is 194 Å². The summed E-state index contributed by atoms with van der Waals surface area (Å²) in [5, 5.41) is 69.1. The molecule has 2 aromatic heterocycles. The lowest BCUT2D eigenvalue weighted by Gasteiger charge is -2.16. The number of halogens is 3. The Morgan fingerprint density at radius 3 is 1.42 bits per heavy atom. The number of rotatable bonds is 24. The fraction of sp³-hybridized carbons (Fsp3) is 0.486. The van der Waals surface area contributed by atoms with Gasteiger partial charge < -0.3 is 115 Å². The third kappa shape index (κ3) is 52.9. The number of methoxy groups -OCH3 is 3. The minimum absolute atomic E-state index is 0. The summed E-state index contributed by atoms with van der Waals surface area (Å²) in [7, 11) is 0.949. The number of carbonyl (C=O) groups excluding carboxylic acids is 5. The second-order valence-corrected chi connectivity index (χ2v) is 24.3. The second-order valence-electron chi connectivity index (χ2n) is 21.0. The third-order valence-corrected chi connectivity index (χ3v) is 14.8. The quantitative estimate of drug-likeness (QED) is 0.00945. The van der Waals surface area contributed by atoms with E-state index >= 15 is 0 Å². The number of carboxylic acid groups (broad SMARTS) is 2. The standard InChI is InChI=1S/C18H22N6O3.C13H15BIN3O4.C7H6INO2.C6H13BN2O4.C6H11N3.C5H11BN2O4.C4H8N2S.11CH4.HI/c1-27-17(26)13(19)10-15-23-14-5-4-11(9-12(14)16(25)24-15)3-2-6-20-18-21-7-8-22-18;1-14(21)18-10(13(20)22-2)6-11-16-9-4-3-7(15)5-8(9)12(19)17-11;8-4-1-2-6(9)5(3-4)7(10)11;1-7(12)9-4(3-5(8)10)6(11)13-2;1-2-3-7-6-8-4-5-9-6;1-6(12)8-3(5(10)11)2-4(7)9;1-7-4-5-2-3-6-4;;;;;;;;;;;;/h2-5,9,13H,6-8,10,19H2,1H3,(H2,20,21,22)(H,23,24,25);3-5,10,18,21H,6H2,1-2H3,(H,16,17,19);1-3H,9H2,(H,10,11);4,9,12H,3H2,1-2H3,(H2,8,10);2H,1,3-5H2,(H2,7,8,9);3,8,12H,2H2,1H3,(H2,7,9)(H,10,11);2-3H2,1H3,(H,5,6);11*1H4;1H/b3-2+;;;;;;;;;;;;;;;;;;/t13-;10-;;4-;;3-;;;;;;;;;;;;;/m00.0.0............./s1. The van der Waals surface area contributed by atoms with Crippen molar-refractivity contribution in [3.05, 3.63) is 124 Å². The summed E-state index contributed by atoms with van der Waals surface area (Å²) < 4.78 is 15.5. The SMILES string of the molecule is C.C.C.C.C.C.C.C.C.C.C.C=CCNC1=NCCN1.CB(O)N[C@@H](CC(N)=O)C(=O)O.COC(=O)[C@@H](N)Cc1nc2ccc(/C=C/CNC3=NCCN3)cc2c(=O)[nH]1.COC(=O)[C@H](CC(N)=O)NB(C)O.COC(=O)[C@H](Cc1nc2ccc(I)cc2c(=O)[nH]1)NB(C)O.CSC1=NCCN1.I.Nc1ccc(I)cc1C(=O)O. The van der Waals surface area contributed by atoms with Crippen LogP contribution in [0.5, 0.6) is 0 Å². The summed E-state index contributed by atoms with van der Waals surface area (Å²) in [5.41, 5.74) is 22.7. The third-order valence-electron chi connectivity index (χ3n) is 12.8. The van der Waals surface area contributed by atoms with Crippen LogP contribution in [0.3, 0.4) is 0 Å². The average Bonchev–Trinajstić information content (AvgIpc) is 1.22. The van der Waals surface area contributed by atoms with Crippen LogP contribution in [-0.2, 0) is 55.8 Å². The minimum atomic E-state index is -1.21. The number of amidine groups is 1. The maximum Gasteiger partial charge on any atom is 0.374 e. The number of esters is 3. The Labute approximate surface area is 718 Å². The number of anilines is 1. The molecular weight excluding hydrogens is 1820 g/mol. The van der Waals surface area contributed by atoms with Crippen molar-refractivity contribution in [2.75, 3.05) is 85.7 Å². The van der Waals surface area contributed by atoms with Crippen LogP contribution in [0.1, 0.15) is 122 Å². The number of aliphatic carboxylic acids is 1. The number of aromatic amines is 2. The zero-order valence-electron chi connectivity index (χ0n) is 56.9.